The van der Waals surface area contributed by atoms with Crippen molar-refractivity contribution in [2.24, 2.45) is 5.92 Å². The molecule has 96 valence electrons. The standard InChI is InChI=1S/C11H11FN2O4/c12-8-1-2-9(14(17)18)10(5-8)13-4-3-7(6-13)11(15)16/h1-2,5,7H,3-4,6H2,(H,15,16). The molecule has 1 atom stereocenters. The van der Waals surface area contributed by atoms with Crippen molar-refractivity contribution in [1.82, 2.24) is 0 Å². The Morgan fingerprint density at radius 3 is 2.83 bits per heavy atom. The average Bonchev–Trinajstić information content (AvgIpc) is 2.77. The van der Waals surface area contributed by atoms with Gasteiger partial charge in [-0.1, -0.05) is 0 Å². The van der Waals surface area contributed by atoms with Gasteiger partial charge in [0.2, 0.25) is 0 Å². The minimum Gasteiger partial charge on any atom is -0.481 e. The van der Waals surface area contributed by atoms with Crippen molar-refractivity contribution in [3.8, 4) is 0 Å². The number of nitrogens with zero attached hydrogens (tertiary/aromatic N) is 2. The van der Waals surface area contributed by atoms with Crippen LogP contribution in [0.25, 0.3) is 0 Å². The van der Waals surface area contributed by atoms with Crippen molar-refractivity contribution in [3.05, 3.63) is 34.1 Å². The third-order valence-corrected chi connectivity index (χ3v) is 3.01. The first-order chi connectivity index (χ1) is 8.49. The highest BCUT2D eigenvalue weighted by molar-refractivity contribution is 5.73. The number of hydrogen-bond donors (Lipinski definition) is 1. The fourth-order valence-electron chi connectivity index (χ4n) is 2.08. The van der Waals surface area contributed by atoms with Crippen LogP contribution in [0.1, 0.15) is 6.42 Å². The molecule has 1 fully saturated rings. The number of carboxylic acid groups (broad SMARTS) is 1. The van der Waals surface area contributed by atoms with Gasteiger partial charge >= 0.3 is 5.97 Å². The molecule has 0 aromatic heterocycles. The van der Waals surface area contributed by atoms with E-state index in [0.29, 0.717) is 13.0 Å². The number of hydrogen-bond acceptors (Lipinski definition) is 4. The maximum atomic E-state index is 13.2. The molecule has 7 heteroatoms. The molecule has 1 N–H and O–H groups in total. The van der Waals surface area contributed by atoms with Gasteiger partial charge in [-0.2, -0.15) is 0 Å². The Labute approximate surface area is 102 Å². The zero-order valence-electron chi connectivity index (χ0n) is 9.38. The van der Waals surface area contributed by atoms with Crippen LogP contribution in [0, 0.1) is 21.8 Å². The second kappa shape index (κ2) is 4.59. The van der Waals surface area contributed by atoms with E-state index in [-0.39, 0.29) is 17.9 Å². The first-order valence-electron chi connectivity index (χ1n) is 5.40. The van der Waals surface area contributed by atoms with Gasteiger partial charge in [0.05, 0.1) is 10.8 Å². The molecule has 2 rings (SSSR count). The largest absolute Gasteiger partial charge is 0.481 e. The molecule has 1 unspecified atom stereocenters. The number of rotatable bonds is 3. The Kier molecular flexibility index (Phi) is 3.14. The molecule has 0 saturated carbocycles. The molecular weight excluding hydrogens is 243 g/mol. The van der Waals surface area contributed by atoms with Crippen LogP contribution in [0.2, 0.25) is 0 Å². The van der Waals surface area contributed by atoms with E-state index in [1.807, 2.05) is 0 Å². The second-order valence-electron chi connectivity index (χ2n) is 4.16. The summed E-state index contributed by atoms with van der Waals surface area (Å²) in [6.07, 6.45) is 0.406. The lowest BCUT2D eigenvalue weighted by atomic mass is 10.1. The van der Waals surface area contributed by atoms with Crippen molar-refractivity contribution in [2.45, 2.75) is 6.42 Å². The molecule has 1 heterocycles. The zero-order chi connectivity index (χ0) is 13.3. The van der Waals surface area contributed by atoms with Crippen LogP contribution in [0.15, 0.2) is 18.2 Å². The van der Waals surface area contributed by atoms with Crippen LogP contribution in [-0.4, -0.2) is 29.1 Å². The summed E-state index contributed by atoms with van der Waals surface area (Å²) in [6.45, 7) is 0.543. The number of anilines is 1. The van der Waals surface area contributed by atoms with Crippen molar-refractivity contribution in [3.63, 3.8) is 0 Å². The maximum absolute atomic E-state index is 13.2. The van der Waals surface area contributed by atoms with Crippen molar-refractivity contribution in [1.29, 1.82) is 0 Å². The van der Waals surface area contributed by atoms with E-state index in [2.05, 4.69) is 0 Å². The van der Waals surface area contributed by atoms with Gasteiger partial charge in [0.1, 0.15) is 11.5 Å². The highest BCUT2D eigenvalue weighted by Crippen LogP contribution is 2.32. The third-order valence-electron chi connectivity index (χ3n) is 3.01. The van der Waals surface area contributed by atoms with E-state index in [0.717, 1.165) is 18.2 Å². The monoisotopic (exact) mass is 254 g/mol. The fraction of sp³-hybridized carbons (Fsp3) is 0.364. The lowest BCUT2D eigenvalue weighted by Gasteiger charge is -2.17. The Hall–Kier alpha value is -2.18. The number of carboxylic acids is 1. The van der Waals surface area contributed by atoms with E-state index in [9.17, 15) is 19.3 Å². The van der Waals surface area contributed by atoms with Crippen LogP contribution >= 0.6 is 0 Å². The number of halogens is 1. The third kappa shape index (κ3) is 2.24. The van der Waals surface area contributed by atoms with Gasteiger partial charge in [-0.15, -0.1) is 0 Å². The normalized spacial score (nSPS) is 18.9. The van der Waals surface area contributed by atoms with Gasteiger partial charge in [0.15, 0.2) is 0 Å². The molecule has 1 saturated heterocycles. The van der Waals surface area contributed by atoms with Crippen LogP contribution in [0.4, 0.5) is 15.8 Å². The molecule has 0 bridgehead atoms. The summed E-state index contributed by atoms with van der Waals surface area (Å²) < 4.78 is 13.2. The predicted octanol–water partition coefficient (Wildman–Crippen LogP) is 1.64. The molecule has 6 nitrogen and oxygen atoms in total. The first kappa shape index (κ1) is 12.3. The van der Waals surface area contributed by atoms with Crippen LogP contribution < -0.4 is 4.90 Å². The molecule has 1 aromatic rings. The van der Waals surface area contributed by atoms with E-state index in [1.165, 1.54) is 0 Å². The highest BCUT2D eigenvalue weighted by Gasteiger charge is 2.31. The lowest BCUT2D eigenvalue weighted by Crippen LogP contribution is -2.23. The van der Waals surface area contributed by atoms with Gasteiger partial charge in [-0.25, -0.2) is 4.39 Å². The van der Waals surface area contributed by atoms with E-state index < -0.39 is 22.6 Å². The van der Waals surface area contributed by atoms with Crippen molar-refractivity contribution < 1.29 is 19.2 Å². The summed E-state index contributed by atoms with van der Waals surface area (Å²) >= 11 is 0. The van der Waals surface area contributed by atoms with E-state index in [1.54, 1.807) is 4.90 Å². The first-order valence-corrected chi connectivity index (χ1v) is 5.40. The van der Waals surface area contributed by atoms with Gasteiger partial charge in [-0.05, 0) is 12.5 Å². The van der Waals surface area contributed by atoms with E-state index >= 15 is 0 Å². The zero-order valence-corrected chi connectivity index (χ0v) is 9.38. The summed E-state index contributed by atoms with van der Waals surface area (Å²) in [5.41, 5.74) is -0.0637. The van der Waals surface area contributed by atoms with E-state index in [4.69, 9.17) is 5.11 Å². The van der Waals surface area contributed by atoms with Gasteiger partial charge in [0.25, 0.3) is 5.69 Å². The molecule has 18 heavy (non-hydrogen) atoms. The van der Waals surface area contributed by atoms with Gasteiger partial charge < -0.3 is 10.0 Å². The van der Waals surface area contributed by atoms with Crippen LogP contribution in [0.5, 0.6) is 0 Å². The lowest BCUT2D eigenvalue weighted by molar-refractivity contribution is -0.384. The Morgan fingerprint density at radius 2 is 2.28 bits per heavy atom. The van der Waals surface area contributed by atoms with Crippen LogP contribution in [-0.2, 0) is 4.79 Å². The van der Waals surface area contributed by atoms with Gasteiger partial charge in [0, 0.05) is 25.2 Å². The summed E-state index contributed by atoms with van der Waals surface area (Å²) in [4.78, 5) is 22.6. The van der Waals surface area contributed by atoms with Gasteiger partial charge in [-0.3, -0.25) is 14.9 Å². The minimum atomic E-state index is -0.934. The predicted molar refractivity (Wildman–Crippen MR) is 61.0 cm³/mol. The number of nitro groups is 1. The topological polar surface area (TPSA) is 83.7 Å². The average molecular weight is 254 g/mol. The Balaban J connectivity index is 2.31. The summed E-state index contributed by atoms with van der Waals surface area (Å²) in [5.74, 6) is -2.07. The number of nitro benzene ring substituents is 1. The molecule has 0 aliphatic carbocycles. The maximum Gasteiger partial charge on any atom is 0.308 e. The number of benzene rings is 1. The Morgan fingerprint density at radius 1 is 1.56 bits per heavy atom. The highest BCUT2D eigenvalue weighted by atomic mass is 19.1. The summed E-state index contributed by atoms with van der Waals surface area (Å²) in [7, 11) is 0. The quantitative estimate of drug-likeness (QED) is 0.654. The number of aliphatic carboxylic acids is 1. The second-order valence-corrected chi connectivity index (χ2v) is 4.16. The molecule has 1 aliphatic heterocycles. The molecular formula is C11H11FN2O4. The van der Waals surface area contributed by atoms with Crippen molar-refractivity contribution >= 4 is 17.3 Å². The molecule has 1 aromatic carbocycles. The SMILES string of the molecule is O=C(O)C1CCN(c2cc(F)ccc2[N+](=O)[O-])C1. The fourth-order valence-corrected chi connectivity index (χ4v) is 2.08. The van der Waals surface area contributed by atoms with Crippen molar-refractivity contribution in [2.75, 3.05) is 18.0 Å². The molecule has 0 radical (unpaired) electrons. The summed E-state index contributed by atoms with van der Waals surface area (Å²) in [6, 6.07) is 3.19. The molecule has 0 spiro atoms. The van der Waals surface area contributed by atoms with Crippen LogP contribution in [0.3, 0.4) is 0 Å². The Bertz CT molecular complexity index is 506. The molecule has 1 aliphatic rings. The number of carbonyl (C=O) groups is 1. The minimum absolute atomic E-state index is 0.142. The molecule has 0 amide bonds. The summed E-state index contributed by atoms with van der Waals surface area (Å²) in [5, 5.41) is 19.7. The smallest absolute Gasteiger partial charge is 0.308 e.